The van der Waals surface area contributed by atoms with Gasteiger partial charge in [-0.25, -0.2) is 0 Å². The smallest absolute Gasteiger partial charge is 0.131 e. The van der Waals surface area contributed by atoms with Gasteiger partial charge in [-0.2, -0.15) is 0 Å². The largest absolute Gasteiger partial charge is 0.263 e. The van der Waals surface area contributed by atoms with E-state index in [1.165, 1.54) is 0 Å². The minimum absolute atomic E-state index is 0.00229. The summed E-state index contributed by atoms with van der Waals surface area (Å²) in [5.74, 6) is 0. The van der Waals surface area contributed by atoms with Crippen LogP contribution >= 0.6 is 31.9 Å². The molecular formula is C9H7Br2NO. The van der Waals surface area contributed by atoms with Gasteiger partial charge in [0.05, 0.1) is 0 Å². The quantitative estimate of drug-likeness (QED) is 0.804. The van der Waals surface area contributed by atoms with E-state index in [-0.39, 0.29) is 6.10 Å². The molecule has 1 unspecified atom stereocenters. The van der Waals surface area contributed by atoms with Crippen LogP contribution in [-0.4, -0.2) is 0 Å². The van der Waals surface area contributed by atoms with Crippen LogP contribution < -0.4 is 5.48 Å². The molecule has 1 atom stereocenters. The first-order valence-corrected chi connectivity index (χ1v) is 5.39. The predicted octanol–water partition coefficient (Wildman–Crippen LogP) is 3.26. The summed E-state index contributed by atoms with van der Waals surface area (Å²) >= 11 is 6.69. The molecule has 0 bridgehead atoms. The summed E-state index contributed by atoms with van der Waals surface area (Å²) in [5.41, 5.74) is 3.88. The van der Waals surface area contributed by atoms with Crippen molar-refractivity contribution < 1.29 is 4.84 Å². The molecule has 0 aliphatic carbocycles. The summed E-state index contributed by atoms with van der Waals surface area (Å²) in [6.07, 6.45) is 1.98. The zero-order valence-electron chi connectivity index (χ0n) is 6.63. The van der Waals surface area contributed by atoms with Crippen molar-refractivity contribution in [3.8, 4) is 0 Å². The molecule has 0 aromatic heterocycles. The van der Waals surface area contributed by atoms with Gasteiger partial charge in [-0.3, -0.25) is 10.3 Å². The Hall–Kier alpha value is -0.320. The van der Waals surface area contributed by atoms with E-state index in [1.54, 1.807) is 0 Å². The molecule has 0 radical (unpaired) electrons. The van der Waals surface area contributed by atoms with Crippen LogP contribution in [0.5, 0.6) is 0 Å². The highest BCUT2D eigenvalue weighted by Crippen LogP contribution is 2.26. The molecule has 13 heavy (non-hydrogen) atoms. The minimum Gasteiger partial charge on any atom is -0.263 e. The van der Waals surface area contributed by atoms with Gasteiger partial charge in [0, 0.05) is 4.47 Å². The third-order valence-corrected chi connectivity index (χ3v) is 2.73. The standard InChI is InChI=1S/C9H7Br2NO/c10-7-3-1-6(2-4-7)8-5-9(11)12-13-8/h1-5,8,12H. The van der Waals surface area contributed by atoms with Crippen LogP contribution in [0.25, 0.3) is 0 Å². The zero-order chi connectivity index (χ0) is 9.26. The molecule has 0 saturated carbocycles. The van der Waals surface area contributed by atoms with E-state index < -0.39 is 0 Å². The maximum atomic E-state index is 5.29. The van der Waals surface area contributed by atoms with E-state index >= 15 is 0 Å². The summed E-state index contributed by atoms with van der Waals surface area (Å²) in [5, 5.41) is 0. The number of hydroxylamine groups is 1. The molecule has 2 rings (SSSR count). The maximum absolute atomic E-state index is 5.29. The second kappa shape index (κ2) is 3.82. The Kier molecular flexibility index (Phi) is 2.71. The number of hydrogen-bond acceptors (Lipinski definition) is 2. The van der Waals surface area contributed by atoms with Gasteiger partial charge in [0.25, 0.3) is 0 Å². The highest BCUT2D eigenvalue weighted by molar-refractivity contribution is 9.11. The highest BCUT2D eigenvalue weighted by atomic mass is 79.9. The van der Waals surface area contributed by atoms with Crippen molar-refractivity contribution in [2.75, 3.05) is 0 Å². The van der Waals surface area contributed by atoms with Crippen molar-refractivity contribution in [1.82, 2.24) is 5.48 Å². The van der Waals surface area contributed by atoms with Gasteiger partial charge >= 0.3 is 0 Å². The third kappa shape index (κ3) is 2.13. The Morgan fingerprint density at radius 3 is 2.38 bits per heavy atom. The van der Waals surface area contributed by atoms with Crippen LogP contribution in [0.1, 0.15) is 11.7 Å². The Morgan fingerprint density at radius 1 is 1.15 bits per heavy atom. The van der Waals surface area contributed by atoms with Crippen molar-refractivity contribution >= 4 is 31.9 Å². The maximum Gasteiger partial charge on any atom is 0.131 e. The van der Waals surface area contributed by atoms with Gasteiger partial charge in [0.15, 0.2) is 0 Å². The Bertz CT molecular complexity index is 334. The minimum atomic E-state index is 0.00229. The van der Waals surface area contributed by atoms with Crippen LogP contribution in [0.15, 0.2) is 39.4 Å². The molecule has 1 aromatic rings. The number of halogens is 2. The van der Waals surface area contributed by atoms with Crippen molar-refractivity contribution in [3.63, 3.8) is 0 Å². The van der Waals surface area contributed by atoms with Crippen LogP contribution in [-0.2, 0) is 4.84 Å². The lowest BCUT2D eigenvalue weighted by Crippen LogP contribution is -2.04. The molecular weight excluding hydrogens is 298 g/mol. The molecule has 68 valence electrons. The molecule has 1 aliphatic rings. The van der Waals surface area contributed by atoms with Gasteiger partial charge in [-0.05, 0) is 39.7 Å². The average Bonchev–Trinajstić information content (AvgIpc) is 2.53. The zero-order valence-corrected chi connectivity index (χ0v) is 9.80. The van der Waals surface area contributed by atoms with E-state index in [9.17, 15) is 0 Å². The summed E-state index contributed by atoms with van der Waals surface area (Å²) in [4.78, 5) is 5.29. The summed E-state index contributed by atoms with van der Waals surface area (Å²) in [6, 6.07) is 8.05. The Labute approximate surface area is 93.2 Å². The molecule has 4 heteroatoms. The molecule has 1 heterocycles. The number of benzene rings is 1. The van der Waals surface area contributed by atoms with Crippen LogP contribution in [0.3, 0.4) is 0 Å². The average molecular weight is 305 g/mol. The van der Waals surface area contributed by atoms with Crippen molar-refractivity contribution in [3.05, 3.63) is 45.0 Å². The lowest BCUT2D eigenvalue weighted by Gasteiger charge is -2.06. The lowest BCUT2D eigenvalue weighted by atomic mass is 10.1. The normalized spacial score (nSPS) is 21.1. The van der Waals surface area contributed by atoms with Crippen molar-refractivity contribution in [1.29, 1.82) is 0 Å². The third-order valence-electron chi connectivity index (χ3n) is 1.78. The van der Waals surface area contributed by atoms with E-state index in [1.807, 2.05) is 30.3 Å². The van der Waals surface area contributed by atoms with E-state index in [4.69, 9.17) is 4.84 Å². The molecule has 2 nitrogen and oxygen atoms in total. The second-order valence-corrected chi connectivity index (χ2v) is 4.48. The first-order chi connectivity index (χ1) is 6.25. The van der Waals surface area contributed by atoms with Crippen molar-refractivity contribution in [2.45, 2.75) is 6.10 Å². The summed E-state index contributed by atoms with van der Waals surface area (Å²) in [6.45, 7) is 0. The Morgan fingerprint density at radius 2 is 1.85 bits per heavy atom. The van der Waals surface area contributed by atoms with E-state index in [2.05, 4.69) is 37.3 Å². The second-order valence-electron chi connectivity index (χ2n) is 2.71. The van der Waals surface area contributed by atoms with Gasteiger partial charge in [0.2, 0.25) is 0 Å². The number of rotatable bonds is 1. The predicted molar refractivity (Wildman–Crippen MR) is 58.1 cm³/mol. The fourth-order valence-corrected chi connectivity index (χ4v) is 1.74. The molecule has 0 fully saturated rings. The van der Waals surface area contributed by atoms with Crippen LogP contribution in [0.2, 0.25) is 0 Å². The fourth-order valence-electron chi connectivity index (χ4n) is 1.14. The first kappa shape index (κ1) is 9.24. The molecule has 0 saturated heterocycles. The van der Waals surface area contributed by atoms with Gasteiger partial charge in [-0.1, -0.05) is 28.1 Å². The molecule has 0 spiro atoms. The van der Waals surface area contributed by atoms with Crippen molar-refractivity contribution in [2.24, 2.45) is 0 Å². The molecule has 0 amide bonds. The highest BCUT2D eigenvalue weighted by Gasteiger charge is 2.16. The summed E-state index contributed by atoms with van der Waals surface area (Å²) < 4.78 is 1.95. The Balaban J connectivity index is 2.22. The molecule has 1 aromatic carbocycles. The van der Waals surface area contributed by atoms with E-state index in [0.29, 0.717) is 0 Å². The monoisotopic (exact) mass is 303 g/mol. The molecule has 1 aliphatic heterocycles. The fraction of sp³-hybridized carbons (Fsp3) is 0.111. The summed E-state index contributed by atoms with van der Waals surface area (Å²) in [7, 11) is 0. The van der Waals surface area contributed by atoms with E-state index in [0.717, 1.165) is 14.6 Å². The van der Waals surface area contributed by atoms with Gasteiger partial charge in [-0.15, -0.1) is 0 Å². The molecule has 1 N–H and O–H groups in total. The number of nitrogens with one attached hydrogen (secondary N) is 1. The SMILES string of the molecule is BrC1=CC(c2ccc(Br)cc2)ON1. The van der Waals surface area contributed by atoms with Crippen LogP contribution in [0, 0.1) is 0 Å². The lowest BCUT2D eigenvalue weighted by molar-refractivity contribution is 0.0458. The van der Waals surface area contributed by atoms with Gasteiger partial charge in [0.1, 0.15) is 10.7 Å². The first-order valence-electron chi connectivity index (χ1n) is 3.80. The topological polar surface area (TPSA) is 21.3 Å². The van der Waals surface area contributed by atoms with Crippen LogP contribution in [0.4, 0.5) is 0 Å². The van der Waals surface area contributed by atoms with Gasteiger partial charge < -0.3 is 0 Å². The number of hydrogen-bond donors (Lipinski definition) is 1.